The van der Waals surface area contributed by atoms with E-state index in [0.29, 0.717) is 35.1 Å². The van der Waals surface area contributed by atoms with Gasteiger partial charge in [-0.05, 0) is 37.5 Å². The molecule has 184 valence electrons. The molecule has 1 fully saturated rings. The van der Waals surface area contributed by atoms with Gasteiger partial charge in [0, 0.05) is 18.7 Å². The van der Waals surface area contributed by atoms with Crippen LogP contribution < -0.4 is 19.9 Å². The summed E-state index contributed by atoms with van der Waals surface area (Å²) in [6, 6.07) is 5.70. The molecule has 0 spiro atoms. The number of amides is 1. The zero-order valence-corrected chi connectivity index (χ0v) is 20.9. The third kappa shape index (κ3) is 4.29. The number of fused-ring (bicyclic) bond motifs is 1. The van der Waals surface area contributed by atoms with Crippen LogP contribution in [0.5, 0.6) is 5.75 Å². The molecule has 2 aliphatic rings. The van der Waals surface area contributed by atoms with E-state index in [1.165, 1.54) is 12.8 Å². The van der Waals surface area contributed by atoms with Crippen LogP contribution in [0, 0.1) is 0 Å². The third-order valence-corrected chi connectivity index (χ3v) is 7.06. The second kappa shape index (κ2) is 9.73. The average Bonchev–Trinajstić information content (AvgIpc) is 3.59. The van der Waals surface area contributed by atoms with Gasteiger partial charge in [-0.1, -0.05) is 19.8 Å². The van der Waals surface area contributed by atoms with E-state index in [1.807, 2.05) is 18.2 Å². The molecule has 5 rings (SSSR count). The van der Waals surface area contributed by atoms with E-state index in [2.05, 4.69) is 27.1 Å². The number of hydrogen-bond acceptors (Lipinski definition) is 8. The Labute approximate surface area is 209 Å². The topological polar surface area (TPSA) is 96.6 Å². The van der Waals surface area contributed by atoms with E-state index in [4.69, 9.17) is 25.7 Å². The number of alkyl halides is 1. The Morgan fingerprint density at radius 2 is 2.03 bits per heavy atom. The minimum absolute atomic E-state index is 0.0947. The predicted octanol–water partition coefficient (Wildman–Crippen LogP) is 5.13. The summed E-state index contributed by atoms with van der Waals surface area (Å²) in [4.78, 5) is 30.7. The highest BCUT2D eigenvalue weighted by Crippen LogP contribution is 2.40. The molecule has 1 aliphatic carbocycles. The molecule has 0 unspecified atom stereocenters. The summed E-state index contributed by atoms with van der Waals surface area (Å²) >= 11 is 5.83. The first-order valence-electron chi connectivity index (χ1n) is 11.9. The fourth-order valence-corrected chi connectivity index (χ4v) is 5.12. The number of anilines is 4. The number of nitrogens with one attached hydrogen (secondary N) is 1. The largest absolute Gasteiger partial charge is 0.495 e. The number of hydrogen-bond donors (Lipinski definition) is 1. The van der Waals surface area contributed by atoms with E-state index in [1.54, 1.807) is 31.5 Å². The molecule has 3 heterocycles. The number of carbonyl (C=O) groups is 1. The Kier molecular flexibility index (Phi) is 6.51. The van der Waals surface area contributed by atoms with Crippen molar-refractivity contribution in [2.24, 2.45) is 0 Å². The molecule has 1 atom stereocenters. The highest BCUT2D eigenvalue weighted by molar-refractivity contribution is 6.16. The van der Waals surface area contributed by atoms with Crippen molar-refractivity contribution in [1.29, 1.82) is 0 Å². The van der Waals surface area contributed by atoms with Crippen molar-refractivity contribution in [2.45, 2.75) is 57.0 Å². The van der Waals surface area contributed by atoms with Crippen molar-refractivity contribution in [1.82, 2.24) is 15.0 Å². The highest BCUT2D eigenvalue weighted by atomic mass is 35.5. The SMILES string of the molecule is CC[C@@H]1C(=O)N(C)c2cnc(Nc3ccc(-c4ncc(CCl)o4)cc3OC)nc2N1C1CCCC1. The maximum Gasteiger partial charge on any atom is 0.249 e. The van der Waals surface area contributed by atoms with Gasteiger partial charge < -0.3 is 24.3 Å². The second-order valence-electron chi connectivity index (χ2n) is 8.87. The number of nitrogens with zero attached hydrogens (tertiary/aromatic N) is 5. The van der Waals surface area contributed by atoms with Gasteiger partial charge in [0.25, 0.3) is 0 Å². The van der Waals surface area contributed by atoms with Gasteiger partial charge in [-0.25, -0.2) is 9.97 Å². The third-order valence-electron chi connectivity index (χ3n) is 6.79. The number of halogens is 1. The molecule has 1 aliphatic heterocycles. The molecule has 9 nitrogen and oxygen atoms in total. The van der Waals surface area contributed by atoms with Gasteiger partial charge in [0.1, 0.15) is 23.2 Å². The number of ether oxygens (including phenoxy) is 1. The molecule has 0 saturated heterocycles. The van der Waals surface area contributed by atoms with Gasteiger partial charge in [-0.15, -0.1) is 11.6 Å². The Balaban J connectivity index is 1.48. The number of benzene rings is 1. The van der Waals surface area contributed by atoms with Crippen molar-refractivity contribution in [2.75, 3.05) is 29.3 Å². The van der Waals surface area contributed by atoms with E-state index in [-0.39, 0.29) is 17.8 Å². The summed E-state index contributed by atoms with van der Waals surface area (Å²) in [7, 11) is 3.40. The minimum atomic E-state index is -0.217. The molecule has 0 radical (unpaired) electrons. The van der Waals surface area contributed by atoms with Crippen LogP contribution in [0.4, 0.5) is 23.1 Å². The zero-order valence-electron chi connectivity index (χ0n) is 20.1. The summed E-state index contributed by atoms with van der Waals surface area (Å²) in [6.07, 6.45) is 8.55. The number of oxazole rings is 1. The van der Waals surface area contributed by atoms with E-state index in [9.17, 15) is 4.79 Å². The van der Waals surface area contributed by atoms with Gasteiger partial charge in [0.2, 0.25) is 17.7 Å². The molecule has 1 N–H and O–H groups in total. The summed E-state index contributed by atoms with van der Waals surface area (Å²) in [5.41, 5.74) is 2.21. The van der Waals surface area contributed by atoms with Gasteiger partial charge >= 0.3 is 0 Å². The van der Waals surface area contributed by atoms with E-state index >= 15 is 0 Å². The van der Waals surface area contributed by atoms with Gasteiger partial charge in [-0.2, -0.15) is 4.98 Å². The smallest absolute Gasteiger partial charge is 0.249 e. The summed E-state index contributed by atoms with van der Waals surface area (Å²) in [5.74, 6) is 3.27. The first-order chi connectivity index (χ1) is 17.0. The average molecular weight is 497 g/mol. The van der Waals surface area contributed by atoms with E-state index in [0.717, 1.165) is 36.3 Å². The maximum atomic E-state index is 13.1. The predicted molar refractivity (Wildman–Crippen MR) is 136 cm³/mol. The molecular formula is C25H29ClN6O3. The summed E-state index contributed by atoms with van der Waals surface area (Å²) < 4.78 is 11.3. The van der Waals surface area contributed by atoms with Crippen molar-refractivity contribution in [3.8, 4) is 17.2 Å². The molecule has 0 bridgehead atoms. The molecule has 10 heteroatoms. The van der Waals surface area contributed by atoms with Crippen LogP contribution in [0.1, 0.15) is 44.8 Å². The number of rotatable bonds is 7. The molecular weight excluding hydrogens is 468 g/mol. The van der Waals surface area contributed by atoms with Gasteiger partial charge in [-0.3, -0.25) is 4.79 Å². The monoisotopic (exact) mass is 496 g/mol. The van der Waals surface area contributed by atoms with Gasteiger partial charge in [0.05, 0.1) is 31.1 Å². The molecule has 1 saturated carbocycles. The van der Waals surface area contributed by atoms with Crippen LogP contribution in [0.15, 0.2) is 35.0 Å². The van der Waals surface area contributed by atoms with Crippen LogP contribution in [0.2, 0.25) is 0 Å². The minimum Gasteiger partial charge on any atom is -0.495 e. The Bertz CT molecular complexity index is 1230. The van der Waals surface area contributed by atoms with E-state index < -0.39 is 0 Å². The molecule has 1 amide bonds. The van der Waals surface area contributed by atoms with Gasteiger partial charge in [0.15, 0.2) is 5.82 Å². The standard InChI is InChI=1S/C25H29ClN6O3/c1-4-19-24(33)31(2)20-14-28-25(30-22(20)32(19)16-7-5-6-8-16)29-18-10-9-15(11-21(18)34-3)23-27-13-17(12-26)35-23/h9-11,13-14,16,19H,4-8,12H2,1-3H3,(H,28,29,30)/t19-/m1/s1. The summed E-state index contributed by atoms with van der Waals surface area (Å²) in [6.45, 7) is 2.06. The fourth-order valence-electron chi connectivity index (χ4n) is 4.99. The lowest BCUT2D eigenvalue weighted by atomic mass is 10.0. The molecule has 3 aromatic rings. The number of aromatic nitrogens is 3. The fraction of sp³-hybridized carbons (Fsp3) is 0.440. The van der Waals surface area contributed by atoms with Crippen LogP contribution in [0.3, 0.4) is 0 Å². The van der Waals surface area contributed by atoms with Crippen molar-refractivity contribution >= 4 is 40.6 Å². The molecule has 2 aromatic heterocycles. The zero-order chi connectivity index (χ0) is 24.5. The molecule has 35 heavy (non-hydrogen) atoms. The van der Waals surface area contributed by atoms with Crippen LogP contribution in [-0.4, -0.2) is 47.1 Å². The Morgan fingerprint density at radius 3 is 2.71 bits per heavy atom. The van der Waals surface area contributed by atoms with Crippen LogP contribution in [-0.2, 0) is 10.7 Å². The lowest BCUT2D eigenvalue weighted by Gasteiger charge is -2.43. The highest BCUT2D eigenvalue weighted by Gasteiger charge is 2.41. The number of likely N-dealkylation sites (N-methyl/N-ethyl adjacent to an activating group) is 1. The normalized spacial score (nSPS) is 18.2. The maximum absolute atomic E-state index is 13.1. The quantitative estimate of drug-likeness (QED) is 0.450. The second-order valence-corrected chi connectivity index (χ2v) is 9.14. The van der Waals surface area contributed by atoms with Crippen molar-refractivity contribution < 1.29 is 13.9 Å². The summed E-state index contributed by atoms with van der Waals surface area (Å²) in [5, 5.41) is 3.29. The molecule has 1 aromatic carbocycles. The lowest BCUT2D eigenvalue weighted by Crippen LogP contribution is -2.55. The number of carbonyl (C=O) groups excluding carboxylic acids is 1. The van der Waals surface area contributed by atoms with Crippen LogP contribution >= 0.6 is 11.6 Å². The Hall–Kier alpha value is -3.33. The van der Waals surface area contributed by atoms with Crippen molar-refractivity contribution in [3.63, 3.8) is 0 Å². The lowest BCUT2D eigenvalue weighted by molar-refractivity contribution is -0.120. The Morgan fingerprint density at radius 1 is 1.23 bits per heavy atom. The first kappa shape index (κ1) is 23.4. The van der Waals surface area contributed by atoms with Crippen molar-refractivity contribution in [3.05, 3.63) is 36.4 Å². The number of methoxy groups -OCH3 is 1. The first-order valence-corrected chi connectivity index (χ1v) is 12.5. The van der Waals surface area contributed by atoms with Crippen LogP contribution in [0.25, 0.3) is 11.5 Å².